The average molecular weight is 315 g/mol. The summed E-state index contributed by atoms with van der Waals surface area (Å²) in [6, 6.07) is 19.9. The number of benzene rings is 2. The maximum absolute atomic E-state index is 12.2. The van der Waals surface area contributed by atoms with Gasteiger partial charge in [-0.2, -0.15) is 0 Å². The lowest BCUT2D eigenvalue weighted by molar-refractivity contribution is 0.566. The Morgan fingerprint density at radius 1 is 0.909 bits per heavy atom. The maximum Gasteiger partial charge on any atom is 0.211 e. The van der Waals surface area contributed by atoms with Gasteiger partial charge in [0.05, 0.1) is 5.75 Å². The molecule has 1 N–H and O–H groups in total. The number of hydrogen-bond donors (Lipinski definition) is 1. The van der Waals surface area contributed by atoms with Crippen LogP contribution in [0.4, 0.5) is 0 Å². The molecule has 3 nitrogen and oxygen atoms in total. The molecule has 1 aliphatic carbocycles. The maximum atomic E-state index is 12.2. The first kappa shape index (κ1) is 15.3. The molecule has 2 aromatic carbocycles. The smallest absolute Gasteiger partial charge is 0.211 e. The molecule has 0 bridgehead atoms. The average Bonchev–Trinajstić information content (AvgIpc) is 3.35. The third-order valence-corrected chi connectivity index (χ3v) is 5.70. The van der Waals surface area contributed by atoms with Gasteiger partial charge in [-0.1, -0.05) is 60.7 Å². The summed E-state index contributed by atoms with van der Waals surface area (Å²) in [6.07, 6.45) is 2.66. The van der Waals surface area contributed by atoms with Crippen molar-refractivity contribution in [2.75, 3.05) is 12.3 Å². The second-order valence-electron chi connectivity index (χ2n) is 6.02. The van der Waals surface area contributed by atoms with Gasteiger partial charge in [-0.15, -0.1) is 0 Å². The number of hydrogen-bond acceptors (Lipinski definition) is 2. The predicted molar refractivity (Wildman–Crippen MR) is 89.3 cm³/mol. The van der Waals surface area contributed by atoms with Crippen LogP contribution in [-0.4, -0.2) is 20.7 Å². The molecule has 22 heavy (non-hydrogen) atoms. The van der Waals surface area contributed by atoms with Crippen LogP contribution >= 0.6 is 0 Å². The zero-order valence-corrected chi connectivity index (χ0v) is 13.4. The zero-order chi connectivity index (χ0) is 15.5. The van der Waals surface area contributed by atoms with E-state index in [-0.39, 0.29) is 11.2 Å². The van der Waals surface area contributed by atoms with E-state index in [1.807, 2.05) is 48.5 Å². The summed E-state index contributed by atoms with van der Waals surface area (Å²) in [7, 11) is -3.23. The summed E-state index contributed by atoms with van der Waals surface area (Å²) < 4.78 is 27.2. The molecule has 0 radical (unpaired) electrons. The van der Waals surface area contributed by atoms with Crippen LogP contribution in [-0.2, 0) is 21.9 Å². The van der Waals surface area contributed by atoms with Crippen LogP contribution in [0, 0.1) is 0 Å². The molecule has 0 aromatic heterocycles. The summed E-state index contributed by atoms with van der Waals surface area (Å²) >= 11 is 0. The molecule has 1 fully saturated rings. The molecule has 0 amide bonds. The van der Waals surface area contributed by atoms with E-state index in [2.05, 4.69) is 16.9 Å². The molecule has 4 heteroatoms. The largest absolute Gasteiger partial charge is 0.214 e. The second-order valence-corrected chi connectivity index (χ2v) is 7.95. The lowest BCUT2D eigenvalue weighted by atomic mass is 9.96. The molecular weight excluding hydrogens is 294 g/mol. The normalized spacial score (nSPS) is 16.4. The van der Waals surface area contributed by atoms with Crippen molar-refractivity contribution in [3.63, 3.8) is 0 Å². The summed E-state index contributed by atoms with van der Waals surface area (Å²) in [6.45, 7) is 0.508. The molecule has 1 saturated carbocycles. The summed E-state index contributed by atoms with van der Waals surface area (Å²) in [5, 5.41) is 0. The quantitative estimate of drug-likeness (QED) is 0.854. The molecular formula is C18H21NO2S. The summed E-state index contributed by atoms with van der Waals surface area (Å²) in [4.78, 5) is 0. The van der Waals surface area contributed by atoms with Crippen LogP contribution in [0.15, 0.2) is 60.7 Å². The Kier molecular flexibility index (Phi) is 4.32. The van der Waals surface area contributed by atoms with Crippen molar-refractivity contribution in [1.29, 1.82) is 0 Å². The molecule has 2 aromatic rings. The van der Waals surface area contributed by atoms with Crippen LogP contribution in [0.25, 0.3) is 0 Å². The third-order valence-electron chi connectivity index (χ3n) is 4.37. The van der Waals surface area contributed by atoms with E-state index in [1.165, 1.54) is 5.56 Å². The molecule has 0 heterocycles. The van der Waals surface area contributed by atoms with E-state index in [4.69, 9.17) is 0 Å². The Bertz CT molecular complexity index is 707. The summed E-state index contributed by atoms with van der Waals surface area (Å²) in [5.41, 5.74) is 2.30. The molecule has 1 aliphatic rings. The highest BCUT2D eigenvalue weighted by Crippen LogP contribution is 2.47. The highest BCUT2D eigenvalue weighted by Gasteiger charge is 2.44. The first-order valence-corrected chi connectivity index (χ1v) is 9.32. The Morgan fingerprint density at radius 2 is 1.50 bits per heavy atom. The van der Waals surface area contributed by atoms with Gasteiger partial charge < -0.3 is 0 Å². The fourth-order valence-corrected chi connectivity index (χ4v) is 3.87. The molecule has 0 spiro atoms. The first-order valence-electron chi connectivity index (χ1n) is 7.67. The predicted octanol–water partition coefficient (Wildman–Crippen LogP) is 2.88. The van der Waals surface area contributed by atoms with E-state index in [0.717, 1.165) is 18.4 Å². The molecule has 0 saturated heterocycles. The zero-order valence-electron chi connectivity index (χ0n) is 12.5. The van der Waals surface area contributed by atoms with Crippen LogP contribution < -0.4 is 4.72 Å². The van der Waals surface area contributed by atoms with E-state index >= 15 is 0 Å². The molecule has 3 rings (SSSR count). The van der Waals surface area contributed by atoms with Crippen molar-refractivity contribution in [3.8, 4) is 0 Å². The van der Waals surface area contributed by atoms with Gasteiger partial charge in [0.15, 0.2) is 0 Å². The first-order chi connectivity index (χ1) is 10.6. The van der Waals surface area contributed by atoms with Crippen molar-refractivity contribution in [2.24, 2.45) is 0 Å². The number of sulfonamides is 1. The minimum Gasteiger partial charge on any atom is -0.214 e. The Hall–Kier alpha value is -1.65. The topological polar surface area (TPSA) is 46.2 Å². The SMILES string of the molecule is O=S(=O)(CCc1ccccc1)NCC1(c2ccccc2)CC1. The molecule has 0 unspecified atom stereocenters. The number of aryl methyl sites for hydroxylation is 1. The van der Waals surface area contributed by atoms with Gasteiger partial charge in [-0.05, 0) is 30.4 Å². The van der Waals surface area contributed by atoms with Crippen LogP contribution in [0.3, 0.4) is 0 Å². The van der Waals surface area contributed by atoms with Crippen molar-refractivity contribution >= 4 is 10.0 Å². The minimum absolute atomic E-state index is 0.0150. The number of nitrogens with one attached hydrogen (secondary N) is 1. The fourth-order valence-electron chi connectivity index (χ4n) is 2.73. The molecule has 116 valence electrons. The second kappa shape index (κ2) is 6.23. The van der Waals surface area contributed by atoms with Crippen molar-refractivity contribution in [2.45, 2.75) is 24.7 Å². The van der Waals surface area contributed by atoms with Crippen molar-refractivity contribution in [3.05, 3.63) is 71.8 Å². The number of rotatable bonds is 7. The highest BCUT2D eigenvalue weighted by atomic mass is 32.2. The van der Waals surface area contributed by atoms with E-state index < -0.39 is 10.0 Å². The lowest BCUT2D eigenvalue weighted by Crippen LogP contribution is -2.34. The van der Waals surface area contributed by atoms with E-state index in [9.17, 15) is 8.42 Å². The van der Waals surface area contributed by atoms with Crippen LogP contribution in [0.5, 0.6) is 0 Å². The van der Waals surface area contributed by atoms with Crippen molar-refractivity contribution < 1.29 is 8.42 Å². The van der Waals surface area contributed by atoms with Crippen molar-refractivity contribution in [1.82, 2.24) is 4.72 Å². The minimum atomic E-state index is -3.23. The highest BCUT2D eigenvalue weighted by molar-refractivity contribution is 7.89. The van der Waals surface area contributed by atoms with Gasteiger partial charge in [-0.25, -0.2) is 13.1 Å². The third kappa shape index (κ3) is 3.76. The van der Waals surface area contributed by atoms with E-state index in [0.29, 0.717) is 13.0 Å². The fraction of sp³-hybridized carbons (Fsp3) is 0.333. The Labute approximate surface area is 132 Å². The molecule has 0 aliphatic heterocycles. The van der Waals surface area contributed by atoms with Gasteiger partial charge in [0.2, 0.25) is 10.0 Å². The lowest BCUT2D eigenvalue weighted by Gasteiger charge is -2.16. The van der Waals surface area contributed by atoms with Crippen LogP contribution in [0.1, 0.15) is 24.0 Å². The molecule has 0 atom stereocenters. The van der Waals surface area contributed by atoms with Crippen LogP contribution in [0.2, 0.25) is 0 Å². The van der Waals surface area contributed by atoms with Gasteiger partial charge in [-0.3, -0.25) is 0 Å². The van der Waals surface area contributed by atoms with E-state index in [1.54, 1.807) is 0 Å². The van der Waals surface area contributed by atoms with Gasteiger partial charge in [0.1, 0.15) is 0 Å². The van der Waals surface area contributed by atoms with Gasteiger partial charge in [0.25, 0.3) is 0 Å². The monoisotopic (exact) mass is 315 g/mol. The standard InChI is InChI=1S/C18H21NO2S/c20-22(21,14-11-16-7-3-1-4-8-16)19-15-18(12-13-18)17-9-5-2-6-10-17/h1-10,19H,11-15H2. The van der Waals surface area contributed by atoms with Gasteiger partial charge in [0, 0.05) is 12.0 Å². The van der Waals surface area contributed by atoms with Gasteiger partial charge >= 0.3 is 0 Å². The summed E-state index contributed by atoms with van der Waals surface area (Å²) in [5.74, 6) is 0.141. The Balaban J connectivity index is 1.57. The Morgan fingerprint density at radius 3 is 2.09 bits per heavy atom.